The second kappa shape index (κ2) is 5.05. The van der Waals surface area contributed by atoms with Crippen LogP contribution in [0.15, 0.2) is 41.0 Å². The number of carbonyl (C=O) groups excluding carboxylic acids is 1. The predicted molar refractivity (Wildman–Crippen MR) is 72.4 cm³/mol. The van der Waals surface area contributed by atoms with E-state index in [9.17, 15) is 9.90 Å². The number of nitrogen functional groups attached to an aromatic ring is 1. The van der Waals surface area contributed by atoms with Gasteiger partial charge in [0.25, 0.3) is 5.91 Å². The van der Waals surface area contributed by atoms with E-state index in [1.807, 2.05) is 0 Å². The number of aromatic nitrogens is 1. The Hall–Kier alpha value is -2.08. The van der Waals surface area contributed by atoms with Gasteiger partial charge in [0.05, 0.1) is 5.69 Å². The topological polar surface area (TPSA) is 88.2 Å². The number of rotatable bonds is 2. The molecule has 0 radical (unpaired) electrons. The van der Waals surface area contributed by atoms with Crippen LogP contribution in [-0.4, -0.2) is 16.0 Å². The zero-order valence-corrected chi connectivity index (χ0v) is 10.8. The highest BCUT2D eigenvalue weighted by Gasteiger charge is 2.08. The number of phenolic OH excluding ortho intramolecular Hbond substituents is 1. The average molecular weight is 308 g/mol. The molecule has 18 heavy (non-hydrogen) atoms. The Labute approximate surface area is 112 Å². The van der Waals surface area contributed by atoms with Crippen LogP contribution in [0.5, 0.6) is 5.75 Å². The SMILES string of the molecule is Nc1ccc(C(=O)Nc2ccc(Br)cn2)cc1O. The van der Waals surface area contributed by atoms with Crippen LogP contribution in [0.2, 0.25) is 0 Å². The van der Waals surface area contributed by atoms with Crippen LogP contribution in [0.4, 0.5) is 11.5 Å². The number of pyridine rings is 1. The van der Waals surface area contributed by atoms with Gasteiger partial charge in [0.1, 0.15) is 11.6 Å². The lowest BCUT2D eigenvalue weighted by molar-refractivity contribution is 0.102. The summed E-state index contributed by atoms with van der Waals surface area (Å²) in [6.07, 6.45) is 1.58. The van der Waals surface area contributed by atoms with E-state index in [0.717, 1.165) is 4.47 Å². The third-order valence-corrected chi connectivity index (χ3v) is 2.73. The molecule has 2 rings (SSSR count). The summed E-state index contributed by atoms with van der Waals surface area (Å²) < 4.78 is 0.825. The Bertz CT molecular complexity index is 584. The molecule has 1 aromatic heterocycles. The molecule has 0 aliphatic rings. The van der Waals surface area contributed by atoms with Crippen LogP contribution in [0.25, 0.3) is 0 Å². The maximum Gasteiger partial charge on any atom is 0.256 e. The van der Waals surface area contributed by atoms with E-state index >= 15 is 0 Å². The number of nitrogens with one attached hydrogen (secondary N) is 1. The van der Waals surface area contributed by atoms with Gasteiger partial charge in [0.2, 0.25) is 0 Å². The molecule has 92 valence electrons. The van der Waals surface area contributed by atoms with Gasteiger partial charge < -0.3 is 16.2 Å². The molecule has 0 fully saturated rings. The van der Waals surface area contributed by atoms with Crippen LogP contribution in [0, 0.1) is 0 Å². The number of aromatic hydroxyl groups is 1. The first-order valence-electron chi connectivity index (χ1n) is 5.07. The third-order valence-electron chi connectivity index (χ3n) is 2.26. The van der Waals surface area contributed by atoms with Crippen LogP contribution < -0.4 is 11.1 Å². The van der Waals surface area contributed by atoms with Gasteiger partial charge >= 0.3 is 0 Å². The number of nitrogens with zero attached hydrogens (tertiary/aromatic N) is 1. The average Bonchev–Trinajstić information content (AvgIpc) is 2.35. The third kappa shape index (κ3) is 2.78. The summed E-state index contributed by atoms with van der Waals surface area (Å²) in [5, 5.41) is 12.0. The largest absolute Gasteiger partial charge is 0.506 e. The molecule has 1 heterocycles. The monoisotopic (exact) mass is 307 g/mol. The minimum atomic E-state index is -0.361. The van der Waals surface area contributed by atoms with Crippen LogP contribution in [0.3, 0.4) is 0 Å². The number of carbonyl (C=O) groups is 1. The van der Waals surface area contributed by atoms with Gasteiger partial charge in [-0.2, -0.15) is 0 Å². The van der Waals surface area contributed by atoms with Crippen molar-refractivity contribution < 1.29 is 9.90 Å². The minimum Gasteiger partial charge on any atom is -0.506 e. The summed E-state index contributed by atoms with van der Waals surface area (Å²) in [6, 6.07) is 7.74. The van der Waals surface area contributed by atoms with Gasteiger partial charge in [-0.3, -0.25) is 4.79 Å². The fourth-order valence-corrected chi connectivity index (χ4v) is 1.56. The van der Waals surface area contributed by atoms with Crippen molar-refractivity contribution in [3.8, 4) is 5.75 Å². The molecule has 0 atom stereocenters. The summed E-state index contributed by atoms with van der Waals surface area (Å²) >= 11 is 3.25. The zero-order valence-electron chi connectivity index (χ0n) is 9.22. The van der Waals surface area contributed by atoms with E-state index in [4.69, 9.17) is 5.73 Å². The molecule has 0 unspecified atom stereocenters. The Morgan fingerprint density at radius 3 is 2.72 bits per heavy atom. The molecule has 0 aliphatic carbocycles. The summed E-state index contributed by atoms with van der Waals surface area (Å²) in [4.78, 5) is 15.9. The maximum absolute atomic E-state index is 11.8. The number of amides is 1. The molecule has 0 saturated carbocycles. The highest BCUT2D eigenvalue weighted by Crippen LogP contribution is 2.21. The van der Waals surface area contributed by atoms with Crippen molar-refractivity contribution >= 4 is 33.3 Å². The lowest BCUT2D eigenvalue weighted by atomic mass is 10.2. The first-order chi connectivity index (χ1) is 8.56. The predicted octanol–water partition coefficient (Wildman–Crippen LogP) is 2.38. The van der Waals surface area contributed by atoms with Crippen molar-refractivity contribution in [2.75, 3.05) is 11.1 Å². The van der Waals surface area contributed by atoms with Crippen molar-refractivity contribution in [2.24, 2.45) is 0 Å². The molecule has 4 N–H and O–H groups in total. The Kier molecular flexibility index (Phi) is 3.47. The number of nitrogens with two attached hydrogens (primary N) is 1. The van der Waals surface area contributed by atoms with Crippen molar-refractivity contribution in [1.29, 1.82) is 0 Å². The lowest BCUT2D eigenvalue weighted by Gasteiger charge is -2.05. The standard InChI is InChI=1S/C12H10BrN3O2/c13-8-2-4-11(15-6-8)16-12(18)7-1-3-9(14)10(17)5-7/h1-6,17H,14H2,(H,15,16,18). The molecule has 5 nitrogen and oxygen atoms in total. The quantitative estimate of drug-likeness (QED) is 0.587. The number of halogens is 1. The van der Waals surface area contributed by atoms with Gasteiger partial charge in [0.15, 0.2) is 0 Å². The van der Waals surface area contributed by atoms with E-state index in [0.29, 0.717) is 11.4 Å². The molecule has 0 saturated heterocycles. The fraction of sp³-hybridized carbons (Fsp3) is 0. The molecule has 6 heteroatoms. The Morgan fingerprint density at radius 1 is 1.33 bits per heavy atom. The van der Waals surface area contributed by atoms with Gasteiger partial charge in [-0.05, 0) is 46.3 Å². The molecule has 1 amide bonds. The van der Waals surface area contributed by atoms with Crippen LogP contribution >= 0.6 is 15.9 Å². The summed E-state index contributed by atoms with van der Waals surface area (Å²) in [5.41, 5.74) is 6.00. The number of benzene rings is 1. The van der Waals surface area contributed by atoms with Gasteiger partial charge in [-0.25, -0.2) is 4.98 Å². The van der Waals surface area contributed by atoms with E-state index in [1.54, 1.807) is 18.3 Å². The second-order valence-corrected chi connectivity index (χ2v) is 4.51. The molecule has 0 bridgehead atoms. The zero-order chi connectivity index (χ0) is 13.1. The molecular formula is C12H10BrN3O2. The summed E-state index contributed by atoms with van der Waals surface area (Å²) in [5.74, 6) is -0.0500. The van der Waals surface area contributed by atoms with E-state index in [2.05, 4.69) is 26.2 Å². The maximum atomic E-state index is 11.8. The fourth-order valence-electron chi connectivity index (χ4n) is 1.32. The molecule has 2 aromatic rings. The minimum absolute atomic E-state index is 0.119. The van der Waals surface area contributed by atoms with E-state index in [-0.39, 0.29) is 17.3 Å². The normalized spacial score (nSPS) is 10.1. The Balaban J connectivity index is 2.16. The van der Waals surface area contributed by atoms with Crippen molar-refractivity contribution in [2.45, 2.75) is 0 Å². The van der Waals surface area contributed by atoms with Gasteiger partial charge in [-0.15, -0.1) is 0 Å². The number of anilines is 2. The Morgan fingerprint density at radius 2 is 2.11 bits per heavy atom. The smallest absolute Gasteiger partial charge is 0.256 e. The lowest BCUT2D eigenvalue weighted by Crippen LogP contribution is -2.12. The van der Waals surface area contributed by atoms with Crippen LogP contribution in [-0.2, 0) is 0 Å². The van der Waals surface area contributed by atoms with E-state index < -0.39 is 0 Å². The molecular weight excluding hydrogens is 298 g/mol. The highest BCUT2D eigenvalue weighted by molar-refractivity contribution is 9.10. The first-order valence-corrected chi connectivity index (χ1v) is 5.87. The second-order valence-electron chi connectivity index (χ2n) is 3.59. The number of phenols is 1. The van der Waals surface area contributed by atoms with Gasteiger partial charge in [0, 0.05) is 16.2 Å². The first kappa shape index (κ1) is 12.4. The summed E-state index contributed by atoms with van der Waals surface area (Å²) in [6.45, 7) is 0. The van der Waals surface area contributed by atoms with Crippen molar-refractivity contribution in [1.82, 2.24) is 4.98 Å². The highest BCUT2D eigenvalue weighted by atomic mass is 79.9. The van der Waals surface area contributed by atoms with Crippen molar-refractivity contribution in [3.05, 3.63) is 46.6 Å². The molecule has 1 aromatic carbocycles. The van der Waals surface area contributed by atoms with Crippen molar-refractivity contribution in [3.63, 3.8) is 0 Å². The molecule has 0 spiro atoms. The molecule has 0 aliphatic heterocycles. The van der Waals surface area contributed by atoms with Crippen LogP contribution in [0.1, 0.15) is 10.4 Å². The number of hydrogen-bond acceptors (Lipinski definition) is 4. The number of hydrogen-bond donors (Lipinski definition) is 3. The van der Waals surface area contributed by atoms with Gasteiger partial charge in [-0.1, -0.05) is 0 Å². The van der Waals surface area contributed by atoms with E-state index in [1.165, 1.54) is 18.2 Å². The summed E-state index contributed by atoms with van der Waals surface area (Å²) in [7, 11) is 0.